The number of rotatable bonds is 5. The molecule has 132 valence electrons. The summed E-state index contributed by atoms with van der Waals surface area (Å²) in [5, 5.41) is 12.5. The van der Waals surface area contributed by atoms with Crippen LogP contribution in [0.3, 0.4) is 0 Å². The molecule has 4 nitrogen and oxygen atoms in total. The number of halogens is 1. The lowest BCUT2D eigenvalue weighted by molar-refractivity contribution is 0.286. The minimum Gasteiger partial charge on any atom is -0.490 e. The molecule has 0 spiro atoms. The summed E-state index contributed by atoms with van der Waals surface area (Å²) in [6.45, 7) is 6.10. The fourth-order valence-electron chi connectivity index (χ4n) is 3.15. The molecule has 1 aliphatic rings. The second-order valence-corrected chi connectivity index (χ2v) is 5.73. The predicted octanol–water partition coefficient (Wildman–Crippen LogP) is 4.01. The van der Waals surface area contributed by atoms with Gasteiger partial charge in [-0.05, 0) is 61.2 Å². The fraction of sp³-hybridized carbons (Fsp3) is 0.350. The molecule has 0 aliphatic carbocycles. The van der Waals surface area contributed by atoms with Gasteiger partial charge >= 0.3 is 0 Å². The van der Waals surface area contributed by atoms with E-state index in [0.717, 1.165) is 30.0 Å². The van der Waals surface area contributed by atoms with Gasteiger partial charge in [-0.3, -0.25) is 0 Å². The molecule has 2 aromatic carbocycles. The third-order valence-corrected chi connectivity index (χ3v) is 4.23. The first-order valence-corrected chi connectivity index (χ1v) is 8.42. The van der Waals surface area contributed by atoms with Gasteiger partial charge in [0.15, 0.2) is 11.5 Å². The highest BCUT2D eigenvalue weighted by atomic mass is 35.5. The normalized spacial score (nSPS) is 15.5. The van der Waals surface area contributed by atoms with Crippen LogP contribution >= 0.6 is 12.4 Å². The predicted molar refractivity (Wildman–Crippen MR) is 101 cm³/mol. The van der Waals surface area contributed by atoms with E-state index in [4.69, 9.17) is 14.7 Å². The summed E-state index contributed by atoms with van der Waals surface area (Å²) in [6, 6.07) is 14.2. The summed E-state index contributed by atoms with van der Waals surface area (Å²) in [4.78, 5) is 0. The number of ether oxygens (including phenoxy) is 2. The summed E-state index contributed by atoms with van der Waals surface area (Å²) in [5.41, 5.74) is 4.34. The third kappa shape index (κ3) is 4.07. The van der Waals surface area contributed by atoms with E-state index in [1.54, 1.807) is 0 Å². The number of hydrogen-bond donors (Lipinski definition) is 1. The Labute approximate surface area is 155 Å². The number of benzene rings is 2. The molecule has 0 saturated carbocycles. The number of hydrogen-bond acceptors (Lipinski definition) is 4. The molecule has 3 rings (SSSR count). The van der Waals surface area contributed by atoms with E-state index in [0.29, 0.717) is 18.8 Å². The SMILES string of the molecule is CCOc1cc2c(cc1OCC)C(c1ccc(C#N)cc1)NCC2.Cl. The van der Waals surface area contributed by atoms with E-state index in [9.17, 15) is 0 Å². The fourth-order valence-corrected chi connectivity index (χ4v) is 3.15. The van der Waals surface area contributed by atoms with Crippen LogP contribution in [0.1, 0.15) is 42.1 Å². The van der Waals surface area contributed by atoms with Crippen molar-refractivity contribution >= 4 is 12.4 Å². The van der Waals surface area contributed by atoms with Crippen molar-refractivity contribution in [1.29, 1.82) is 5.26 Å². The molecule has 0 bridgehead atoms. The maximum Gasteiger partial charge on any atom is 0.161 e. The standard InChI is InChI=1S/C20H22N2O2.ClH/c1-3-23-18-11-16-9-10-22-20(17(16)12-19(18)24-4-2)15-7-5-14(13-21)6-8-15;/h5-8,11-12,20,22H,3-4,9-10H2,1-2H3;1H. The van der Waals surface area contributed by atoms with Gasteiger partial charge in [0.1, 0.15) is 0 Å². The van der Waals surface area contributed by atoms with Gasteiger partial charge in [0, 0.05) is 6.54 Å². The molecule has 0 amide bonds. The molecule has 0 saturated heterocycles. The van der Waals surface area contributed by atoms with Crippen molar-refractivity contribution in [1.82, 2.24) is 5.32 Å². The van der Waals surface area contributed by atoms with E-state index in [1.165, 1.54) is 11.1 Å². The summed E-state index contributed by atoms with van der Waals surface area (Å²) < 4.78 is 11.5. The average molecular weight is 359 g/mol. The van der Waals surface area contributed by atoms with Crippen molar-refractivity contribution in [3.63, 3.8) is 0 Å². The Hall–Kier alpha value is -2.22. The molecular weight excluding hydrogens is 336 g/mol. The maximum atomic E-state index is 8.98. The molecule has 1 N–H and O–H groups in total. The lowest BCUT2D eigenvalue weighted by Crippen LogP contribution is -2.30. The minimum absolute atomic E-state index is 0. The van der Waals surface area contributed by atoms with Crippen LogP contribution in [0.15, 0.2) is 36.4 Å². The molecule has 1 unspecified atom stereocenters. The van der Waals surface area contributed by atoms with Crippen LogP contribution in [0.2, 0.25) is 0 Å². The lowest BCUT2D eigenvalue weighted by Gasteiger charge is -2.29. The number of nitriles is 1. The van der Waals surface area contributed by atoms with Crippen LogP contribution in [-0.2, 0) is 6.42 Å². The summed E-state index contributed by atoms with van der Waals surface area (Å²) in [7, 11) is 0. The number of fused-ring (bicyclic) bond motifs is 1. The first kappa shape index (κ1) is 19.1. The van der Waals surface area contributed by atoms with E-state index in [2.05, 4.69) is 23.5 Å². The molecule has 0 radical (unpaired) electrons. The Morgan fingerprint density at radius 1 is 1.08 bits per heavy atom. The molecule has 2 aromatic rings. The summed E-state index contributed by atoms with van der Waals surface area (Å²) in [5.74, 6) is 1.61. The first-order valence-electron chi connectivity index (χ1n) is 8.42. The highest BCUT2D eigenvalue weighted by molar-refractivity contribution is 5.85. The Morgan fingerprint density at radius 2 is 1.72 bits per heavy atom. The van der Waals surface area contributed by atoms with Crippen molar-refractivity contribution < 1.29 is 9.47 Å². The Bertz CT molecular complexity index is 754. The van der Waals surface area contributed by atoms with Gasteiger partial charge in [-0.25, -0.2) is 0 Å². The topological polar surface area (TPSA) is 54.3 Å². The molecule has 0 fully saturated rings. The Balaban J connectivity index is 0.00000225. The summed E-state index contributed by atoms with van der Waals surface area (Å²) >= 11 is 0. The maximum absolute atomic E-state index is 8.98. The van der Waals surface area contributed by atoms with E-state index < -0.39 is 0 Å². The van der Waals surface area contributed by atoms with Gasteiger partial charge in [-0.1, -0.05) is 12.1 Å². The average Bonchev–Trinajstić information content (AvgIpc) is 2.62. The van der Waals surface area contributed by atoms with Crippen LogP contribution in [0.5, 0.6) is 11.5 Å². The lowest BCUT2D eigenvalue weighted by atomic mass is 9.89. The van der Waals surface area contributed by atoms with Crippen LogP contribution in [-0.4, -0.2) is 19.8 Å². The Morgan fingerprint density at radius 3 is 2.32 bits per heavy atom. The van der Waals surface area contributed by atoms with Crippen molar-refractivity contribution in [2.24, 2.45) is 0 Å². The van der Waals surface area contributed by atoms with Gasteiger partial charge in [-0.2, -0.15) is 5.26 Å². The smallest absolute Gasteiger partial charge is 0.161 e. The first-order chi connectivity index (χ1) is 11.8. The largest absolute Gasteiger partial charge is 0.490 e. The van der Waals surface area contributed by atoms with Crippen molar-refractivity contribution in [3.8, 4) is 17.6 Å². The van der Waals surface area contributed by atoms with Crippen LogP contribution < -0.4 is 14.8 Å². The number of nitrogens with zero attached hydrogens (tertiary/aromatic N) is 1. The molecule has 1 aliphatic heterocycles. The Kier molecular flexibility index (Phi) is 6.69. The number of nitrogens with one attached hydrogen (secondary N) is 1. The second-order valence-electron chi connectivity index (χ2n) is 5.73. The molecule has 5 heteroatoms. The molecule has 0 aromatic heterocycles. The van der Waals surface area contributed by atoms with Gasteiger partial charge < -0.3 is 14.8 Å². The van der Waals surface area contributed by atoms with Gasteiger partial charge in [0.2, 0.25) is 0 Å². The molecule has 25 heavy (non-hydrogen) atoms. The van der Waals surface area contributed by atoms with E-state index in [-0.39, 0.29) is 18.4 Å². The second kappa shape index (κ2) is 8.75. The monoisotopic (exact) mass is 358 g/mol. The summed E-state index contributed by atoms with van der Waals surface area (Å²) in [6.07, 6.45) is 0.967. The minimum atomic E-state index is 0. The van der Waals surface area contributed by atoms with E-state index >= 15 is 0 Å². The zero-order valence-electron chi connectivity index (χ0n) is 14.5. The van der Waals surface area contributed by atoms with Crippen LogP contribution in [0.25, 0.3) is 0 Å². The zero-order chi connectivity index (χ0) is 16.9. The van der Waals surface area contributed by atoms with Gasteiger partial charge in [-0.15, -0.1) is 12.4 Å². The quantitative estimate of drug-likeness (QED) is 0.877. The van der Waals surface area contributed by atoms with Gasteiger partial charge in [0.25, 0.3) is 0 Å². The molecular formula is C20H23ClN2O2. The van der Waals surface area contributed by atoms with Crippen LogP contribution in [0, 0.1) is 11.3 Å². The van der Waals surface area contributed by atoms with Crippen molar-refractivity contribution in [2.45, 2.75) is 26.3 Å². The highest BCUT2D eigenvalue weighted by Gasteiger charge is 2.24. The zero-order valence-corrected chi connectivity index (χ0v) is 15.4. The van der Waals surface area contributed by atoms with Crippen molar-refractivity contribution in [2.75, 3.05) is 19.8 Å². The van der Waals surface area contributed by atoms with Crippen LogP contribution in [0.4, 0.5) is 0 Å². The van der Waals surface area contributed by atoms with E-state index in [1.807, 2.05) is 38.1 Å². The van der Waals surface area contributed by atoms with Crippen molar-refractivity contribution in [3.05, 3.63) is 58.7 Å². The molecule has 1 atom stereocenters. The third-order valence-electron chi connectivity index (χ3n) is 4.23. The highest BCUT2D eigenvalue weighted by Crippen LogP contribution is 2.37. The molecule has 1 heterocycles. The van der Waals surface area contributed by atoms with Gasteiger partial charge in [0.05, 0.1) is 30.9 Å².